The summed E-state index contributed by atoms with van der Waals surface area (Å²) in [6.45, 7) is 7.74. The minimum Gasteiger partial charge on any atom is -0.478 e. The standard InChI is InChI=1S/C30H36ClF3N4O4/c1-4-5-6-12-37(13-7-14-42-30(41)35-22-10-8-20(9-11-22)29(39)40)18-23-27(36-38(19(2)3)28(23)31)16-21-15-25(33)26(34)17-24(21)32/h8-11,15,17,19H,4-7,12-14,16,18H2,1-3H3,(H,35,41)(H,39,40). The lowest BCUT2D eigenvalue weighted by molar-refractivity contribution is 0.0697. The lowest BCUT2D eigenvalue weighted by Gasteiger charge is -2.23. The summed E-state index contributed by atoms with van der Waals surface area (Å²) in [6, 6.07) is 7.01. The number of anilines is 1. The van der Waals surface area contributed by atoms with E-state index >= 15 is 0 Å². The Hall–Kier alpha value is -3.57. The Labute approximate surface area is 248 Å². The van der Waals surface area contributed by atoms with E-state index in [9.17, 15) is 22.8 Å². The van der Waals surface area contributed by atoms with Gasteiger partial charge in [0.25, 0.3) is 0 Å². The fourth-order valence-corrected chi connectivity index (χ4v) is 4.80. The topological polar surface area (TPSA) is 96.7 Å². The number of carboxylic acids is 1. The summed E-state index contributed by atoms with van der Waals surface area (Å²) in [7, 11) is 0. The van der Waals surface area contributed by atoms with E-state index in [2.05, 4.69) is 22.2 Å². The molecule has 8 nitrogen and oxygen atoms in total. The van der Waals surface area contributed by atoms with E-state index < -0.39 is 29.5 Å². The largest absolute Gasteiger partial charge is 0.478 e. The zero-order valence-electron chi connectivity index (χ0n) is 23.9. The van der Waals surface area contributed by atoms with Crippen molar-refractivity contribution in [1.29, 1.82) is 0 Å². The Balaban J connectivity index is 1.68. The third-order valence-corrected chi connectivity index (χ3v) is 7.05. The van der Waals surface area contributed by atoms with Crippen molar-refractivity contribution in [2.24, 2.45) is 0 Å². The van der Waals surface area contributed by atoms with Crippen LogP contribution in [0, 0.1) is 17.5 Å². The summed E-state index contributed by atoms with van der Waals surface area (Å²) in [5.41, 5.74) is 1.65. The molecule has 3 aromatic rings. The second-order valence-corrected chi connectivity index (χ2v) is 10.6. The number of carbonyl (C=O) groups excluding carboxylic acids is 1. The molecule has 0 aliphatic rings. The van der Waals surface area contributed by atoms with Gasteiger partial charge < -0.3 is 9.84 Å². The second-order valence-electron chi connectivity index (χ2n) is 10.3. The van der Waals surface area contributed by atoms with Gasteiger partial charge in [0.05, 0.1) is 17.9 Å². The number of hydrogen-bond donors (Lipinski definition) is 2. The molecule has 0 atom stereocenters. The van der Waals surface area contributed by atoms with Gasteiger partial charge in [-0.3, -0.25) is 14.9 Å². The number of halogens is 4. The Bertz CT molecular complexity index is 1370. The Morgan fingerprint density at radius 1 is 1.05 bits per heavy atom. The molecule has 1 amide bonds. The van der Waals surface area contributed by atoms with Crippen molar-refractivity contribution in [3.8, 4) is 0 Å². The van der Waals surface area contributed by atoms with Crippen LogP contribution in [0.1, 0.15) is 79.7 Å². The summed E-state index contributed by atoms with van der Waals surface area (Å²) in [5, 5.41) is 16.5. The molecule has 0 aliphatic heterocycles. The zero-order chi connectivity index (χ0) is 30.8. The SMILES string of the molecule is CCCCCN(CCCOC(=O)Nc1ccc(C(=O)O)cc1)Cc1c(Cc2cc(F)c(F)cc2F)nn(C(C)C)c1Cl. The highest BCUT2D eigenvalue weighted by Crippen LogP contribution is 2.28. The predicted octanol–water partition coefficient (Wildman–Crippen LogP) is 7.45. The van der Waals surface area contributed by atoms with Gasteiger partial charge in [-0.1, -0.05) is 31.4 Å². The van der Waals surface area contributed by atoms with Crippen LogP contribution in [0.3, 0.4) is 0 Å². The Kier molecular flexibility index (Phi) is 12.2. The smallest absolute Gasteiger partial charge is 0.411 e. The van der Waals surface area contributed by atoms with E-state index in [1.807, 2.05) is 13.8 Å². The van der Waals surface area contributed by atoms with Crippen LogP contribution >= 0.6 is 11.6 Å². The Morgan fingerprint density at radius 2 is 1.71 bits per heavy atom. The van der Waals surface area contributed by atoms with Gasteiger partial charge in [-0.05, 0) is 69.1 Å². The van der Waals surface area contributed by atoms with Crippen LogP contribution < -0.4 is 5.32 Å². The molecule has 0 aliphatic carbocycles. The molecule has 2 aromatic carbocycles. The molecule has 12 heteroatoms. The van der Waals surface area contributed by atoms with Crippen LogP contribution in [-0.2, 0) is 17.7 Å². The maximum Gasteiger partial charge on any atom is 0.411 e. The molecule has 1 aromatic heterocycles. The first-order valence-electron chi connectivity index (χ1n) is 13.9. The molecule has 0 bridgehead atoms. The molecule has 0 spiro atoms. The predicted molar refractivity (Wildman–Crippen MR) is 155 cm³/mol. The van der Waals surface area contributed by atoms with Crippen LogP contribution in [0.25, 0.3) is 0 Å². The van der Waals surface area contributed by atoms with Crippen molar-refractivity contribution in [3.05, 3.63) is 81.4 Å². The Morgan fingerprint density at radius 3 is 2.36 bits per heavy atom. The summed E-state index contributed by atoms with van der Waals surface area (Å²) < 4.78 is 48.8. The van der Waals surface area contributed by atoms with Gasteiger partial charge in [-0.15, -0.1) is 0 Å². The first-order chi connectivity index (χ1) is 20.0. The highest BCUT2D eigenvalue weighted by molar-refractivity contribution is 6.30. The number of ether oxygens (including phenoxy) is 1. The highest BCUT2D eigenvalue weighted by atomic mass is 35.5. The van der Waals surface area contributed by atoms with E-state index in [1.54, 1.807) is 4.68 Å². The van der Waals surface area contributed by atoms with Crippen LogP contribution in [-0.4, -0.2) is 51.5 Å². The molecule has 42 heavy (non-hydrogen) atoms. The van der Waals surface area contributed by atoms with Gasteiger partial charge in [0.2, 0.25) is 0 Å². The first-order valence-corrected chi connectivity index (χ1v) is 14.3. The van der Waals surface area contributed by atoms with E-state index in [0.29, 0.717) is 47.7 Å². The van der Waals surface area contributed by atoms with Crippen molar-refractivity contribution < 1.29 is 32.6 Å². The summed E-state index contributed by atoms with van der Waals surface area (Å²) >= 11 is 6.74. The second kappa shape index (κ2) is 15.6. The van der Waals surface area contributed by atoms with E-state index in [0.717, 1.165) is 31.9 Å². The van der Waals surface area contributed by atoms with Gasteiger partial charge >= 0.3 is 12.1 Å². The number of benzene rings is 2. The number of amides is 1. The lowest BCUT2D eigenvalue weighted by Crippen LogP contribution is -2.27. The van der Waals surface area contributed by atoms with Crippen LogP contribution in [0.2, 0.25) is 5.15 Å². The summed E-state index contributed by atoms with van der Waals surface area (Å²) in [4.78, 5) is 25.3. The van der Waals surface area contributed by atoms with Gasteiger partial charge in [0, 0.05) is 42.9 Å². The maximum absolute atomic E-state index is 14.5. The van der Waals surface area contributed by atoms with E-state index in [-0.39, 0.29) is 30.2 Å². The number of carbonyl (C=O) groups is 2. The van der Waals surface area contributed by atoms with Gasteiger partial charge in [0.15, 0.2) is 11.6 Å². The minimum absolute atomic E-state index is 0.0187. The number of aromatic carboxylic acids is 1. The quantitative estimate of drug-likeness (QED) is 0.137. The number of carboxylic acid groups (broad SMARTS) is 1. The van der Waals surface area contributed by atoms with Crippen molar-refractivity contribution in [3.63, 3.8) is 0 Å². The fraction of sp³-hybridized carbons (Fsp3) is 0.433. The molecule has 228 valence electrons. The van der Waals surface area contributed by atoms with Crippen LogP contribution in [0.4, 0.5) is 23.7 Å². The van der Waals surface area contributed by atoms with Gasteiger partial charge in [-0.2, -0.15) is 5.10 Å². The van der Waals surface area contributed by atoms with Crippen LogP contribution in [0.15, 0.2) is 36.4 Å². The number of rotatable bonds is 15. The number of nitrogens with zero attached hydrogens (tertiary/aromatic N) is 3. The molecular weight excluding hydrogens is 573 g/mol. The third kappa shape index (κ3) is 9.22. The number of hydrogen-bond acceptors (Lipinski definition) is 5. The van der Waals surface area contributed by atoms with Crippen molar-refractivity contribution >= 4 is 29.4 Å². The minimum atomic E-state index is -1.25. The number of aromatic nitrogens is 2. The fourth-order valence-electron chi connectivity index (χ4n) is 4.39. The van der Waals surface area contributed by atoms with E-state index in [4.69, 9.17) is 21.4 Å². The summed E-state index contributed by atoms with van der Waals surface area (Å²) in [5.74, 6) is -4.31. The first kappa shape index (κ1) is 32.9. The number of nitrogens with one attached hydrogen (secondary N) is 1. The molecule has 0 fully saturated rings. The zero-order valence-corrected chi connectivity index (χ0v) is 24.7. The average molecular weight is 609 g/mol. The molecule has 0 unspecified atom stereocenters. The van der Waals surface area contributed by atoms with E-state index in [1.165, 1.54) is 24.3 Å². The van der Waals surface area contributed by atoms with Crippen LogP contribution in [0.5, 0.6) is 0 Å². The van der Waals surface area contributed by atoms with Crippen molar-refractivity contribution in [2.75, 3.05) is 25.0 Å². The number of unbranched alkanes of at least 4 members (excludes halogenated alkanes) is 2. The molecule has 1 heterocycles. The molecule has 2 N–H and O–H groups in total. The summed E-state index contributed by atoms with van der Waals surface area (Å²) in [6.07, 6.45) is 2.76. The molecule has 0 radical (unpaired) electrons. The molecule has 0 saturated heterocycles. The molecular formula is C30H36ClF3N4O4. The highest BCUT2D eigenvalue weighted by Gasteiger charge is 2.22. The monoisotopic (exact) mass is 608 g/mol. The normalized spacial score (nSPS) is 11.4. The van der Waals surface area contributed by atoms with Crippen molar-refractivity contribution in [2.45, 2.75) is 65.5 Å². The molecule has 0 saturated carbocycles. The van der Waals surface area contributed by atoms with Crippen molar-refractivity contribution in [1.82, 2.24) is 14.7 Å². The van der Waals surface area contributed by atoms with Gasteiger partial charge in [0.1, 0.15) is 11.0 Å². The lowest BCUT2D eigenvalue weighted by atomic mass is 10.1. The maximum atomic E-state index is 14.5. The third-order valence-electron chi connectivity index (χ3n) is 6.65. The average Bonchev–Trinajstić information content (AvgIpc) is 3.24. The molecule has 3 rings (SSSR count). The van der Waals surface area contributed by atoms with Gasteiger partial charge in [-0.25, -0.2) is 22.8 Å².